The third kappa shape index (κ3) is 3.20. The summed E-state index contributed by atoms with van der Waals surface area (Å²) in [5.74, 6) is 0. The number of hydrogen-bond donors (Lipinski definition) is 2. The lowest BCUT2D eigenvalue weighted by molar-refractivity contribution is 0.371. The number of H-pyrrole nitrogens is 1. The van der Waals surface area contributed by atoms with Gasteiger partial charge in [0.15, 0.2) is 0 Å². The van der Waals surface area contributed by atoms with Gasteiger partial charge >= 0.3 is 0 Å². The second-order valence-corrected chi connectivity index (χ2v) is 4.26. The maximum absolute atomic E-state index is 11.1. The predicted octanol–water partition coefficient (Wildman–Crippen LogP) is 1.80. The number of aromatic amines is 1. The van der Waals surface area contributed by atoms with Crippen LogP contribution in [0.1, 0.15) is 37.8 Å². The molecular weight excluding hydrogens is 188 g/mol. The number of pyridine rings is 1. The van der Waals surface area contributed by atoms with Gasteiger partial charge in [-0.1, -0.05) is 25.3 Å². The Hall–Kier alpha value is -1.09. The van der Waals surface area contributed by atoms with Crippen LogP contribution in [0.15, 0.2) is 23.0 Å². The SMILES string of the molecule is O=c1cccc(CNC2CCCCC2)[nH]1. The Morgan fingerprint density at radius 2 is 2.07 bits per heavy atom. The normalized spacial score (nSPS) is 17.9. The molecule has 1 fully saturated rings. The van der Waals surface area contributed by atoms with Gasteiger partial charge in [-0.3, -0.25) is 4.79 Å². The second-order valence-electron chi connectivity index (χ2n) is 4.26. The highest BCUT2D eigenvalue weighted by molar-refractivity contribution is 5.03. The van der Waals surface area contributed by atoms with E-state index in [1.807, 2.05) is 6.07 Å². The van der Waals surface area contributed by atoms with Crippen molar-refractivity contribution in [2.75, 3.05) is 0 Å². The molecule has 0 atom stereocenters. The van der Waals surface area contributed by atoms with Gasteiger partial charge in [-0.15, -0.1) is 0 Å². The predicted molar refractivity (Wildman–Crippen MR) is 60.8 cm³/mol. The Morgan fingerprint density at radius 1 is 1.27 bits per heavy atom. The van der Waals surface area contributed by atoms with Crippen molar-refractivity contribution in [2.24, 2.45) is 0 Å². The van der Waals surface area contributed by atoms with E-state index in [1.54, 1.807) is 12.1 Å². The Bertz CT molecular complexity index is 353. The highest BCUT2D eigenvalue weighted by atomic mass is 16.1. The van der Waals surface area contributed by atoms with Gasteiger partial charge in [0.2, 0.25) is 5.56 Å². The van der Waals surface area contributed by atoms with Gasteiger partial charge in [-0.2, -0.15) is 0 Å². The van der Waals surface area contributed by atoms with Crippen LogP contribution in [0.25, 0.3) is 0 Å². The number of nitrogens with one attached hydrogen (secondary N) is 2. The standard InChI is InChI=1S/C12H18N2O/c15-12-8-4-7-11(14-12)9-13-10-5-2-1-3-6-10/h4,7-8,10,13H,1-3,5-6,9H2,(H,14,15). The molecule has 82 valence electrons. The molecule has 1 aliphatic rings. The van der Waals surface area contributed by atoms with Crippen LogP contribution < -0.4 is 10.9 Å². The first-order valence-electron chi connectivity index (χ1n) is 5.76. The van der Waals surface area contributed by atoms with Crippen molar-refractivity contribution in [2.45, 2.75) is 44.7 Å². The van der Waals surface area contributed by atoms with E-state index in [0.29, 0.717) is 6.04 Å². The quantitative estimate of drug-likeness (QED) is 0.792. The number of aromatic nitrogens is 1. The van der Waals surface area contributed by atoms with E-state index in [0.717, 1.165) is 12.2 Å². The summed E-state index contributed by atoms with van der Waals surface area (Å²) >= 11 is 0. The minimum Gasteiger partial charge on any atom is -0.325 e. The van der Waals surface area contributed by atoms with Crippen LogP contribution in [0, 0.1) is 0 Å². The molecule has 0 aromatic carbocycles. The molecular formula is C12H18N2O. The summed E-state index contributed by atoms with van der Waals surface area (Å²) in [7, 11) is 0. The third-order valence-corrected chi connectivity index (χ3v) is 3.02. The zero-order valence-corrected chi connectivity index (χ0v) is 8.96. The zero-order chi connectivity index (χ0) is 10.5. The Labute approximate surface area is 89.9 Å². The summed E-state index contributed by atoms with van der Waals surface area (Å²) in [6.07, 6.45) is 6.60. The zero-order valence-electron chi connectivity index (χ0n) is 8.96. The summed E-state index contributed by atoms with van der Waals surface area (Å²) in [5, 5.41) is 3.49. The van der Waals surface area contributed by atoms with Crippen molar-refractivity contribution in [1.29, 1.82) is 0 Å². The van der Waals surface area contributed by atoms with E-state index >= 15 is 0 Å². The molecule has 0 unspecified atom stereocenters. The molecule has 0 radical (unpaired) electrons. The lowest BCUT2D eigenvalue weighted by Crippen LogP contribution is -2.31. The molecule has 1 aliphatic carbocycles. The van der Waals surface area contributed by atoms with E-state index in [-0.39, 0.29) is 5.56 Å². The van der Waals surface area contributed by atoms with Crippen LogP contribution in [0.5, 0.6) is 0 Å². The molecule has 0 bridgehead atoms. The summed E-state index contributed by atoms with van der Waals surface area (Å²) in [6, 6.07) is 5.94. The highest BCUT2D eigenvalue weighted by Gasteiger charge is 2.12. The fourth-order valence-corrected chi connectivity index (χ4v) is 2.16. The first kappa shape index (κ1) is 10.4. The molecule has 1 aromatic heterocycles. The van der Waals surface area contributed by atoms with Gasteiger partial charge in [0, 0.05) is 24.3 Å². The lowest BCUT2D eigenvalue weighted by Gasteiger charge is -2.22. The van der Waals surface area contributed by atoms with E-state index in [1.165, 1.54) is 32.1 Å². The third-order valence-electron chi connectivity index (χ3n) is 3.02. The van der Waals surface area contributed by atoms with Crippen molar-refractivity contribution in [3.05, 3.63) is 34.2 Å². The topological polar surface area (TPSA) is 44.9 Å². The van der Waals surface area contributed by atoms with Crippen LogP contribution >= 0.6 is 0 Å². The first-order valence-corrected chi connectivity index (χ1v) is 5.76. The van der Waals surface area contributed by atoms with Crippen LogP contribution in [-0.4, -0.2) is 11.0 Å². The van der Waals surface area contributed by atoms with Gasteiger partial charge in [0.25, 0.3) is 0 Å². The van der Waals surface area contributed by atoms with Crippen LogP contribution in [-0.2, 0) is 6.54 Å². The van der Waals surface area contributed by atoms with Gasteiger partial charge in [-0.05, 0) is 18.9 Å². The van der Waals surface area contributed by atoms with E-state index < -0.39 is 0 Å². The van der Waals surface area contributed by atoms with Crippen LogP contribution in [0.2, 0.25) is 0 Å². The molecule has 15 heavy (non-hydrogen) atoms. The fraction of sp³-hybridized carbons (Fsp3) is 0.583. The Balaban J connectivity index is 1.84. The lowest BCUT2D eigenvalue weighted by atomic mass is 9.95. The van der Waals surface area contributed by atoms with Gasteiger partial charge in [0.1, 0.15) is 0 Å². The number of hydrogen-bond acceptors (Lipinski definition) is 2. The maximum Gasteiger partial charge on any atom is 0.248 e. The van der Waals surface area contributed by atoms with Crippen molar-refractivity contribution in [3.63, 3.8) is 0 Å². The molecule has 0 saturated heterocycles. The molecule has 1 aromatic rings. The minimum atomic E-state index is -0.0158. The molecule has 3 heteroatoms. The Morgan fingerprint density at radius 3 is 2.80 bits per heavy atom. The molecule has 0 amide bonds. The van der Waals surface area contributed by atoms with Gasteiger partial charge in [-0.25, -0.2) is 0 Å². The smallest absolute Gasteiger partial charge is 0.248 e. The largest absolute Gasteiger partial charge is 0.325 e. The van der Waals surface area contributed by atoms with Crippen molar-refractivity contribution in [1.82, 2.24) is 10.3 Å². The molecule has 0 aliphatic heterocycles. The average Bonchev–Trinajstić information content (AvgIpc) is 2.28. The van der Waals surface area contributed by atoms with Crippen molar-refractivity contribution >= 4 is 0 Å². The summed E-state index contributed by atoms with van der Waals surface area (Å²) in [4.78, 5) is 13.9. The first-order chi connectivity index (χ1) is 7.34. The Kier molecular flexibility index (Phi) is 3.56. The molecule has 2 N–H and O–H groups in total. The van der Waals surface area contributed by atoms with Crippen LogP contribution in [0.3, 0.4) is 0 Å². The average molecular weight is 206 g/mol. The monoisotopic (exact) mass is 206 g/mol. The molecule has 1 saturated carbocycles. The van der Waals surface area contributed by atoms with Gasteiger partial charge in [0.05, 0.1) is 0 Å². The maximum atomic E-state index is 11.1. The second kappa shape index (κ2) is 5.12. The number of rotatable bonds is 3. The minimum absolute atomic E-state index is 0.0158. The van der Waals surface area contributed by atoms with Gasteiger partial charge < -0.3 is 10.3 Å². The fourth-order valence-electron chi connectivity index (χ4n) is 2.16. The highest BCUT2D eigenvalue weighted by Crippen LogP contribution is 2.17. The van der Waals surface area contributed by atoms with Crippen molar-refractivity contribution in [3.8, 4) is 0 Å². The molecule has 1 heterocycles. The van der Waals surface area contributed by atoms with Crippen LogP contribution in [0.4, 0.5) is 0 Å². The van der Waals surface area contributed by atoms with E-state index in [4.69, 9.17) is 0 Å². The summed E-state index contributed by atoms with van der Waals surface area (Å²) < 4.78 is 0. The molecule has 2 rings (SSSR count). The summed E-state index contributed by atoms with van der Waals surface area (Å²) in [5.41, 5.74) is 0.964. The van der Waals surface area contributed by atoms with E-state index in [2.05, 4.69) is 10.3 Å². The van der Waals surface area contributed by atoms with Crippen molar-refractivity contribution < 1.29 is 0 Å². The summed E-state index contributed by atoms with van der Waals surface area (Å²) in [6.45, 7) is 0.779. The molecule has 3 nitrogen and oxygen atoms in total. The van der Waals surface area contributed by atoms with E-state index in [9.17, 15) is 4.79 Å². The molecule has 0 spiro atoms.